The zero-order chi connectivity index (χ0) is 15.8. The quantitative estimate of drug-likeness (QED) is 0.725. The van der Waals surface area contributed by atoms with E-state index in [1.54, 1.807) is 18.5 Å². The molecule has 2 aromatic heterocycles. The van der Waals surface area contributed by atoms with Gasteiger partial charge in [0, 0.05) is 42.5 Å². The number of amides is 1. The van der Waals surface area contributed by atoms with E-state index >= 15 is 0 Å². The Morgan fingerprint density at radius 2 is 1.87 bits per heavy atom. The molecule has 4 rings (SSSR count). The highest BCUT2D eigenvalue weighted by molar-refractivity contribution is 6.35. The van der Waals surface area contributed by atoms with E-state index < -0.39 is 0 Å². The lowest BCUT2D eigenvalue weighted by Gasteiger charge is -2.39. The topological polar surface area (TPSA) is 46.1 Å². The van der Waals surface area contributed by atoms with E-state index in [1.165, 1.54) is 0 Å². The standard InChI is InChI=1S/C18H14ClN3O/c19-14-6-7-16-13(4-3-9-21-16)17(14)18(23)22-10-12(11-22)15-5-1-2-8-20-15/h1-9,12H,10-11H2. The molecular weight excluding hydrogens is 310 g/mol. The first kappa shape index (κ1) is 14.2. The zero-order valence-electron chi connectivity index (χ0n) is 12.3. The molecule has 1 aliphatic heterocycles. The van der Waals surface area contributed by atoms with Gasteiger partial charge in [0.1, 0.15) is 0 Å². The Labute approximate surface area is 138 Å². The molecule has 1 aromatic carbocycles. The van der Waals surface area contributed by atoms with Gasteiger partial charge in [-0.3, -0.25) is 14.8 Å². The molecule has 1 aliphatic rings. The first-order chi connectivity index (χ1) is 11.2. The Balaban J connectivity index is 1.61. The summed E-state index contributed by atoms with van der Waals surface area (Å²) in [7, 11) is 0. The van der Waals surface area contributed by atoms with Gasteiger partial charge in [-0.2, -0.15) is 0 Å². The molecule has 1 amide bonds. The minimum absolute atomic E-state index is 0.0409. The first-order valence-electron chi connectivity index (χ1n) is 7.47. The van der Waals surface area contributed by atoms with Gasteiger partial charge in [0.25, 0.3) is 5.91 Å². The molecular formula is C18H14ClN3O. The molecule has 23 heavy (non-hydrogen) atoms. The third-order valence-corrected chi connectivity index (χ3v) is 4.54. The number of benzene rings is 1. The van der Waals surface area contributed by atoms with Crippen LogP contribution in [-0.2, 0) is 0 Å². The van der Waals surface area contributed by atoms with Crippen LogP contribution in [0.3, 0.4) is 0 Å². The number of nitrogens with zero attached hydrogens (tertiary/aromatic N) is 3. The van der Waals surface area contributed by atoms with E-state index in [-0.39, 0.29) is 5.91 Å². The van der Waals surface area contributed by atoms with Crippen molar-refractivity contribution in [3.63, 3.8) is 0 Å². The molecule has 1 fully saturated rings. The van der Waals surface area contributed by atoms with E-state index in [0.717, 1.165) is 16.6 Å². The van der Waals surface area contributed by atoms with Crippen molar-refractivity contribution in [2.75, 3.05) is 13.1 Å². The second-order valence-corrected chi connectivity index (χ2v) is 6.06. The van der Waals surface area contributed by atoms with Gasteiger partial charge in [0.2, 0.25) is 0 Å². The number of aromatic nitrogens is 2. The van der Waals surface area contributed by atoms with Crippen molar-refractivity contribution in [2.45, 2.75) is 5.92 Å². The van der Waals surface area contributed by atoms with Crippen molar-refractivity contribution >= 4 is 28.4 Å². The van der Waals surface area contributed by atoms with Crippen LogP contribution in [0.2, 0.25) is 5.02 Å². The largest absolute Gasteiger partial charge is 0.337 e. The monoisotopic (exact) mass is 323 g/mol. The van der Waals surface area contributed by atoms with Crippen molar-refractivity contribution in [3.8, 4) is 0 Å². The van der Waals surface area contributed by atoms with Crippen LogP contribution in [0, 0.1) is 0 Å². The second kappa shape index (κ2) is 5.63. The van der Waals surface area contributed by atoms with Crippen molar-refractivity contribution < 1.29 is 4.79 Å². The van der Waals surface area contributed by atoms with E-state index in [4.69, 9.17) is 11.6 Å². The smallest absolute Gasteiger partial charge is 0.256 e. The third-order valence-electron chi connectivity index (χ3n) is 4.22. The van der Waals surface area contributed by atoms with Crippen LogP contribution in [-0.4, -0.2) is 33.9 Å². The highest BCUT2D eigenvalue weighted by Gasteiger charge is 2.34. The van der Waals surface area contributed by atoms with Gasteiger partial charge in [-0.25, -0.2) is 0 Å². The molecule has 5 heteroatoms. The van der Waals surface area contributed by atoms with E-state index in [2.05, 4.69) is 9.97 Å². The Bertz CT molecular complexity index is 876. The van der Waals surface area contributed by atoms with Crippen LogP contribution < -0.4 is 0 Å². The van der Waals surface area contributed by atoms with E-state index in [1.807, 2.05) is 41.3 Å². The van der Waals surface area contributed by atoms with Crippen LogP contribution in [0.25, 0.3) is 10.9 Å². The maximum atomic E-state index is 12.8. The Hall–Kier alpha value is -2.46. The van der Waals surface area contributed by atoms with Crippen LogP contribution in [0.15, 0.2) is 54.9 Å². The SMILES string of the molecule is O=C(c1c(Cl)ccc2ncccc12)N1CC(c2ccccn2)C1. The number of likely N-dealkylation sites (tertiary alicyclic amines) is 1. The molecule has 0 spiro atoms. The number of fused-ring (bicyclic) bond motifs is 1. The molecule has 3 heterocycles. The second-order valence-electron chi connectivity index (χ2n) is 5.65. The summed E-state index contributed by atoms with van der Waals surface area (Å²) >= 11 is 6.29. The predicted octanol–water partition coefficient (Wildman–Crippen LogP) is 3.52. The van der Waals surface area contributed by atoms with Crippen molar-refractivity contribution in [1.82, 2.24) is 14.9 Å². The molecule has 3 aromatic rings. The molecule has 1 saturated heterocycles. The lowest BCUT2D eigenvalue weighted by molar-refractivity contribution is 0.0601. The number of halogens is 1. The number of rotatable bonds is 2. The molecule has 0 unspecified atom stereocenters. The van der Waals surface area contributed by atoms with Crippen molar-refractivity contribution in [1.29, 1.82) is 0 Å². The van der Waals surface area contributed by atoms with E-state index in [0.29, 0.717) is 29.6 Å². The number of hydrogen-bond acceptors (Lipinski definition) is 3. The molecule has 114 valence electrons. The Morgan fingerprint density at radius 1 is 1.04 bits per heavy atom. The van der Waals surface area contributed by atoms with Gasteiger partial charge in [0.05, 0.1) is 16.1 Å². The summed E-state index contributed by atoms with van der Waals surface area (Å²) in [5, 5.41) is 1.27. The lowest BCUT2D eigenvalue weighted by atomic mass is 9.94. The zero-order valence-corrected chi connectivity index (χ0v) is 13.1. The summed E-state index contributed by atoms with van der Waals surface area (Å²) in [5.41, 5.74) is 2.35. The maximum Gasteiger partial charge on any atom is 0.256 e. The van der Waals surface area contributed by atoms with Crippen LogP contribution in [0.4, 0.5) is 0 Å². The number of pyridine rings is 2. The van der Waals surface area contributed by atoms with Gasteiger partial charge < -0.3 is 4.90 Å². The summed E-state index contributed by atoms with van der Waals surface area (Å²) < 4.78 is 0. The van der Waals surface area contributed by atoms with Crippen LogP contribution in [0.5, 0.6) is 0 Å². The predicted molar refractivity (Wildman–Crippen MR) is 89.6 cm³/mol. The van der Waals surface area contributed by atoms with Crippen molar-refractivity contribution in [3.05, 3.63) is 71.1 Å². The van der Waals surface area contributed by atoms with Gasteiger partial charge in [-0.15, -0.1) is 0 Å². The number of hydrogen-bond donors (Lipinski definition) is 0. The number of carbonyl (C=O) groups is 1. The fourth-order valence-corrected chi connectivity index (χ4v) is 3.20. The van der Waals surface area contributed by atoms with Gasteiger partial charge in [-0.05, 0) is 30.3 Å². The molecule has 0 radical (unpaired) electrons. The molecule has 4 nitrogen and oxygen atoms in total. The molecule has 0 bridgehead atoms. The summed E-state index contributed by atoms with van der Waals surface area (Å²) in [6.07, 6.45) is 3.50. The summed E-state index contributed by atoms with van der Waals surface area (Å²) in [5.74, 6) is 0.257. The summed E-state index contributed by atoms with van der Waals surface area (Å²) in [4.78, 5) is 23.3. The maximum absolute atomic E-state index is 12.8. The highest BCUT2D eigenvalue weighted by atomic mass is 35.5. The van der Waals surface area contributed by atoms with Gasteiger partial charge in [0.15, 0.2) is 0 Å². The normalized spacial score (nSPS) is 14.7. The van der Waals surface area contributed by atoms with Crippen LogP contribution in [0.1, 0.15) is 22.0 Å². The number of carbonyl (C=O) groups excluding carboxylic acids is 1. The molecule has 0 aliphatic carbocycles. The van der Waals surface area contributed by atoms with Gasteiger partial charge in [-0.1, -0.05) is 23.7 Å². The highest BCUT2D eigenvalue weighted by Crippen LogP contribution is 2.31. The van der Waals surface area contributed by atoms with Gasteiger partial charge >= 0.3 is 0 Å². The minimum atomic E-state index is -0.0409. The van der Waals surface area contributed by atoms with E-state index in [9.17, 15) is 4.79 Å². The summed E-state index contributed by atoms with van der Waals surface area (Å²) in [6.45, 7) is 1.34. The van der Waals surface area contributed by atoms with Crippen LogP contribution >= 0.6 is 11.6 Å². The molecule has 0 N–H and O–H groups in total. The Morgan fingerprint density at radius 3 is 2.65 bits per heavy atom. The fraction of sp³-hybridized carbons (Fsp3) is 0.167. The summed E-state index contributed by atoms with van der Waals surface area (Å²) in [6, 6.07) is 13.1. The first-order valence-corrected chi connectivity index (χ1v) is 7.85. The Kier molecular flexibility index (Phi) is 3.46. The lowest BCUT2D eigenvalue weighted by Crippen LogP contribution is -2.48. The third kappa shape index (κ3) is 2.45. The fourth-order valence-electron chi connectivity index (χ4n) is 2.95. The molecule has 0 saturated carbocycles. The average Bonchev–Trinajstić information content (AvgIpc) is 2.54. The minimum Gasteiger partial charge on any atom is -0.337 e. The average molecular weight is 324 g/mol. The molecule has 0 atom stereocenters. The van der Waals surface area contributed by atoms with Crippen molar-refractivity contribution in [2.24, 2.45) is 0 Å².